The summed E-state index contributed by atoms with van der Waals surface area (Å²) < 4.78 is 0. The van der Waals surface area contributed by atoms with Gasteiger partial charge in [0.25, 0.3) is 0 Å². The zero-order valence-corrected chi connectivity index (χ0v) is 10.5. The van der Waals surface area contributed by atoms with Crippen molar-refractivity contribution in [1.82, 2.24) is 9.97 Å². The quantitative estimate of drug-likeness (QED) is 0.720. The van der Waals surface area contributed by atoms with Crippen molar-refractivity contribution in [1.29, 1.82) is 0 Å². The average Bonchev–Trinajstić information content (AvgIpc) is 2.32. The number of hydrogen-bond acceptors (Lipinski definition) is 5. The third kappa shape index (κ3) is 3.08. The van der Waals surface area contributed by atoms with Gasteiger partial charge in [0, 0.05) is 18.3 Å². The first-order valence-corrected chi connectivity index (χ1v) is 6.22. The molecule has 1 saturated carbocycles. The van der Waals surface area contributed by atoms with Crippen molar-refractivity contribution >= 4 is 23.4 Å². The van der Waals surface area contributed by atoms with Gasteiger partial charge in [-0.15, -0.1) is 0 Å². The Morgan fingerprint density at radius 3 is 2.72 bits per heavy atom. The van der Waals surface area contributed by atoms with Gasteiger partial charge in [0.1, 0.15) is 11.4 Å². The van der Waals surface area contributed by atoms with Crippen molar-refractivity contribution in [2.24, 2.45) is 5.73 Å². The van der Waals surface area contributed by atoms with Crippen LogP contribution in [0.2, 0.25) is 5.28 Å². The third-order valence-corrected chi connectivity index (χ3v) is 3.28. The van der Waals surface area contributed by atoms with Crippen LogP contribution in [-0.2, 0) is 0 Å². The molecule has 2 rings (SSSR count). The molecule has 1 aromatic heterocycles. The van der Waals surface area contributed by atoms with Crippen molar-refractivity contribution in [3.05, 3.63) is 17.0 Å². The summed E-state index contributed by atoms with van der Waals surface area (Å²) in [4.78, 5) is 18.7. The van der Waals surface area contributed by atoms with Gasteiger partial charge in [0.15, 0.2) is 0 Å². The number of aromatic nitrogens is 2. The van der Waals surface area contributed by atoms with Crippen molar-refractivity contribution in [2.45, 2.75) is 37.8 Å². The molecular formula is C11H15ClN4O2. The fourth-order valence-electron chi connectivity index (χ4n) is 2.08. The summed E-state index contributed by atoms with van der Waals surface area (Å²) in [5, 5.41) is 12.2. The maximum atomic E-state index is 11.0. The van der Waals surface area contributed by atoms with Crippen LogP contribution in [0.1, 0.15) is 36.0 Å². The lowest BCUT2D eigenvalue weighted by Gasteiger charge is -2.27. The number of aromatic carboxylic acids is 1. The first-order valence-electron chi connectivity index (χ1n) is 5.84. The molecule has 1 aliphatic carbocycles. The molecule has 0 bridgehead atoms. The molecule has 0 aliphatic heterocycles. The zero-order valence-electron chi connectivity index (χ0n) is 9.77. The number of carboxylic acids is 1. The molecule has 18 heavy (non-hydrogen) atoms. The first kappa shape index (κ1) is 13.0. The Balaban J connectivity index is 2.12. The predicted molar refractivity (Wildman–Crippen MR) is 67.9 cm³/mol. The molecule has 1 aromatic rings. The molecule has 0 aromatic carbocycles. The lowest BCUT2D eigenvalue weighted by atomic mass is 9.92. The zero-order chi connectivity index (χ0) is 13.1. The number of rotatable bonds is 3. The van der Waals surface area contributed by atoms with E-state index in [0.29, 0.717) is 0 Å². The fourth-order valence-corrected chi connectivity index (χ4v) is 2.22. The van der Waals surface area contributed by atoms with E-state index < -0.39 is 5.97 Å². The number of carboxylic acid groups (broad SMARTS) is 1. The number of nitrogens with two attached hydrogens (primary N) is 1. The maximum absolute atomic E-state index is 11.0. The smallest absolute Gasteiger partial charge is 0.341 e. The molecule has 0 unspecified atom stereocenters. The largest absolute Gasteiger partial charge is 0.477 e. The Bertz CT molecular complexity index is 447. The second kappa shape index (κ2) is 5.49. The number of anilines is 1. The summed E-state index contributed by atoms with van der Waals surface area (Å²) in [6.07, 6.45) is 4.88. The molecular weight excluding hydrogens is 256 g/mol. The molecule has 1 fully saturated rings. The molecule has 6 nitrogen and oxygen atoms in total. The number of nitrogens with zero attached hydrogens (tertiary/aromatic N) is 2. The summed E-state index contributed by atoms with van der Waals surface area (Å²) in [5.74, 6) is -0.787. The predicted octanol–water partition coefficient (Wildman–Crippen LogP) is 1.51. The molecule has 4 N–H and O–H groups in total. The third-order valence-electron chi connectivity index (χ3n) is 3.10. The maximum Gasteiger partial charge on any atom is 0.341 e. The Labute approximate surface area is 110 Å². The van der Waals surface area contributed by atoms with E-state index in [1.54, 1.807) is 0 Å². The molecule has 1 heterocycles. The standard InChI is InChI=1S/C11H15ClN4O2/c12-11-14-5-8(10(17)18)9(16-11)15-7-3-1-6(13)2-4-7/h5-7H,1-4,13H2,(H,17,18)(H,14,15,16). The van der Waals surface area contributed by atoms with Gasteiger partial charge < -0.3 is 16.2 Å². The van der Waals surface area contributed by atoms with Gasteiger partial charge >= 0.3 is 5.97 Å². The van der Waals surface area contributed by atoms with Gasteiger partial charge in [-0.05, 0) is 37.3 Å². The average molecular weight is 271 g/mol. The highest BCUT2D eigenvalue weighted by Crippen LogP contribution is 2.22. The Morgan fingerprint density at radius 2 is 2.11 bits per heavy atom. The number of carbonyl (C=O) groups is 1. The normalized spacial score (nSPS) is 23.7. The summed E-state index contributed by atoms with van der Waals surface area (Å²) in [6, 6.07) is 0.435. The summed E-state index contributed by atoms with van der Waals surface area (Å²) in [5.41, 5.74) is 5.86. The van der Waals surface area contributed by atoms with Crippen LogP contribution in [0, 0.1) is 0 Å². The minimum Gasteiger partial charge on any atom is -0.477 e. The topological polar surface area (TPSA) is 101 Å². The van der Waals surface area contributed by atoms with Crippen LogP contribution in [0.25, 0.3) is 0 Å². The van der Waals surface area contributed by atoms with Gasteiger partial charge in [-0.25, -0.2) is 9.78 Å². The van der Waals surface area contributed by atoms with Crippen molar-refractivity contribution in [3.8, 4) is 0 Å². The molecule has 0 atom stereocenters. The Hall–Kier alpha value is -1.40. The van der Waals surface area contributed by atoms with E-state index in [2.05, 4.69) is 15.3 Å². The van der Waals surface area contributed by atoms with Crippen LogP contribution in [0.15, 0.2) is 6.20 Å². The van der Waals surface area contributed by atoms with E-state index in [1.807, 2.05) is 0 Å². The van der Waals surface area contributed by atoms with Crippen molar-refractivity contribution in [3.63, 3.8) is 0 Å². The van der Waals surface area contributed by atoms with Crippen LogP contribution in [0.5, 0.6) is 0 Å². The van der Waals surface area contributed by atoms with Gasteiger partial charge in [-0.1, -0.05) is 0 Å². The summed E-state index contributed by atoms with van der Waals surface area (Å²) in [6.45, 7) is 0. The van der Waals surface area contributed by atoms with E-state index in [0.717, 1.165) is 25.7 Å². The highest BCUT2D eigenvalue weighted by atomic mass is 35.5. The molecule has 0 saturated heterocycles. The van der Waals surface area contributed by atoms with Crippen molar-refractivity contribution < 1.29 is 9.90 Å². The molecule has 98 valence electrons. The van der Waals surface area contributed by atoms with E-state index in [1.165, 1.54) is 6.20 Å². The second-order valence-electron chi connectivity index (χ2n) is 4.46. The SMILES string of the molecule is NC1CCC(Nc2nc(Cl)ncc2C(=O)O)CC1. The van der Waals surface area contributed by atoms with Gasteiger partial charge in [0.2, 0.25) is 5.28 Å². The second-order valence-corrected chi connectivity index (χ2v) is 4.80. The first-order chi connectivity index (χ1) is 8.56. The summed E-state index contributed by atoms with van der Waals surface area (Å²) in [7, 11) is 0. The van der Waals surface area contributed by atoms with Crippen LogP contribution in [0.4, 0.5) is 5.82 Å². The molecule has 0 spiro atoms. The Morgan fingerprint density at radius 1 is 1.44 bits per heavy atom. The summed E-state index contributed by atoms with van der Waals surface area (Å²) >= 11 is 5.69. The minimum absolute atomic E-state index is 0.0364. The van der Waals surface area contributed by atoms with Crippen molar-refractivity contribution in [2.75, 3.05) is 5.32 Å². The highest BCUT2D eigenvalue weighted by Gasteiger charge is 2.21. The number of halogens is 1. The number of nitrogens with one attached hydrogen (secondary N) is 1. The van der Waals surface area contributed by atoms with E-state index >= 15 is 0 Å². The van der Waals surface area contributed by atoms with Crippen LogP contribution >= 0.6 is 11.6 Å². The number of hydrogen-bond donors (Lipinski definition) is 3. The van der Waals surface area contributed by atoms with Gasteiger partial charge in [-0.2, -0.15) is 4.98 Å². The van der Waals surface area contributed by atoms with Gasteiger partial charge in [-0.3, -0.25) is 0 Å². The van der Waals surface area contributed by atoms with E-state index in [-0.39, 0.29) is 28.7 Å². The van der Waals surface area contributed by atoms with Crippen LogP contribution in [0.3, 0.4) is 0 Å². The van der Waals surface area contributed by atoms with E-state index in [9.17, 15) is 4.79 Å². The fraction of sp³-hybridized carbons (Fsp3) is 0.545. The van der Waals surface area contributed by atoms with Crippen LogP contribution in [-0.4, -0.2) is 33.1 Å². The van der Waals surface area contributed by atoms with Gasteiger partial charge in [0.05, 0.1) is 0 Å². The van der Waals surface area contributed by atoms with Crippen LogP contribution < -0.4 is 11.1 Å². The highest BCUT2D eigenvalue weighted by molar-refractivity contribution is 6.28. The minimum atomic E-state index is -1.07. The van der Waals surface area contributed by atoms with E-state index in [4.69, 9.17) is 22.4 Å². The Kier molecular flexibility index (Phi) is 3.98. The lowest BCUT2D eigenvalue weighted by molar-refractivity contribution is 0.0697. The lowest BCUT2D eigenvalue weighted by Crippen LogP contribution is -2.33. The molecule has 0 amide bonds. The molecule has 7 heteroatoms. The molecule has 0 radical (unpaired) electrons. The monoisotopic (exact) mass is 270 g/mol. The molecule has 1 aliphatic rings.